The molecular weight excluding hydrogens is 250 g/mol. The van der Waals surface area contributed by atoms with Crippen molar-refractivity contribution >= 4 is 5.91 Å². The Bertz CT molecular complexity index is 571. The average Bonchev–Trinajstić information content (AvgIpc) is 2.56. The van der Waals surface area contributed by atoms with Crippen molar-refractivity contribution in [3.05, 3.63) is 60.2 Å². The SMILES string of the molecule is O=C(c1ccncc1)N1CCCC(c2ccccn2)C1. The number of carbonyl (C=O) groups is 1. The van der Waals surface area contributed by atoms with Crippen molar-refractivity contribution < 1.29 is 4.79 Å². The van der Waals surface area contributed by atoms with Crippen LogP contribution in [0.15, 0.2) is 48.9 Å². The van der Waals surface area contributed by atoms with E-state index in [0.717, 1.165) is 31.6 Å². The number of piperidine rings is 1. The summed E-state index contributed by atoms with van der Waals surface area (Å²) < 4.78 is 0. The highest BCUT2D eigenvalue weighted by Crippen LogP contribution is 2.26. The van der Waals surface area contributed by atoms with E-state index in [4.69, 9.17) is 0 Å². The van der Waals surface area contributed by atoms with Gasteiger partial charge in [-0.05, 0) is 37.1 Å². The van der Waals surface area contributed by atoms with Crippen LogP contribution >= 0.6 is 0 Å². The number of amides is 1. The summed E-state index contributed by atoms with van der Waals surface area (Å²) in [6.07, 6.45) is 7.26. The van der Waals surface area contributed by atoms with Crippen molar-refractivity contribution in [2.45, 2.75) is 18.8 Å². The van der Waals surface area contributed by atoms with E-state index in [-0.39, 0.29) is 5.91 Å². The molecule has 102 valence electrons. The number of hydrogen-bond acceptors (Lipinski definition) is 3. The molecule has 2 aromatic heterocycles. The summed E-state index contributed by atoms with van der Waals surface area (Å²) in [6, 6.07) is 9.52. The van der Waals surface area contributed by atoms with E-state index >= 15 is 0 Å². The van der Waals surface area contributed by atoms with Gasteiger partial charge in [0.25, 0.3) is 5.91 Å². The van der Waals surface area contributed by atoms with Crippen LogP contribution in [0.4, 0.5) is 0 Å². The van der Waals surface area contributed by atoms with Gasteiger partial charge >= 0.3 is 0 Å². The van der Waals surface area contributed by atoms with Gasteiger partial charge in [0, 0.05) is 48.9 Å². The number of likely N-dealkylation sites (tertiary alicyclic amines) is 1. The van der Waals surface area contributed by atoms with Crippen molar-refractivity contribution in [1.29, 1.82) is 0 Å². The van der Waals surface area contributed by atoms with Crippen molar-refractivity contribution in [3.63, 3.8) is 0 Å². The molecule has 3 rings (SSSR count). The molecule has 2 aromatic rings. The molecule has 0 aliphatic carbocycles. The van der Waals surface area contributed by atoms with Crippen LogP contribution in [0.1, 0.15) is 34.8 Å². The van der Waals surface area contributed by atoms with E-state index in [0.29, 0.717) is 11.5 Å². The van der Waals surface area contributed by atoms with Crippen LogP contribution < -0.4 is 0 Å². The molecule has 0 radical (unpaired) electrons. The molecule has 4 nitrogen and oxygen atoms in total. The predicted molar refractivity (Wildman–Crippen MR) is 76.4 cm³/mol. The van der Waals surface area contributed by atoms with Crippen molar-refractivity contribution in [1.82, 2.24) is 14.9 Å². The van der Waals surface area contributed by atoms with Crippen LogP contribution in [0.5, 0.6) is 0 Å². The third-order valence-corrected chi connectivity index (χ3v) is 3.74. The van der Waals surface area contributed by atoms with Gasteiger partial charge in [0.15, 0.2) is 0 Å². The van der Waals surface area contributed by atoms with E-state index < -0.39 is 0 Å². The normalized spacial score (nSPS) is 18.8. The van der Waals surface area contributed by atoms with Crippen LogP contribution in [0.3, 0.4) is 0 Å². The van der Waals surface area contributed by atoms with Crippen molar-refractivity contribution in [2.24, 2.45) is 0 Å². The third kappa shape index (κ3) is 2.69. The summed E-state index contributed by atoms with van der Waals surface area (Å²) in [5, 5.41) is 0. The Labute approximate surface area is 118 Å². The molecule has 1 aliphatic heterocycles. The molecule has 0 N–H and O–H groups in total. The van der Waals surface area contributed by atoms with Crippen molar-refractivity contribution in [2.75, 3.05) is 13.1 Å². The summed E-state index contributed by atoms with van der Waals surface area (Å²) in [5.41, 5.74) is 1.79. The highest BCUT2D eigenvalue weighted by molar-refractivity contribution is 5.94. The van der Waals surface area contributed by atoms with Gasteiger partial charge in [-0.25, -0.2) is 0 Å². The van der Waals surface area contributed by atoms with Crippen LogP contribution in [-0.2, 0) is 0 Å². The lowest BCUT2D eigenvalue weighted by atomic mass is 9.94. The van der Waals surface area contributed by atoms with Gasteiger partial charge in [0.1, 0.15) is 0 Å². The average molecular weight is 267 g/mol. The van der Waals surface area contributed by atoms with Crippen LogP contribution in [0.25, 0.3) is 0 Å². The Kier molecular flexibility index (Phi) is 3.72. The van der Waals surface area contributed by atoms with Crippen LogP contribution in [0, 0.1) is 0 Å². The number of nitrogens with zero attached hydrogens (tertiary/aromatic N) is 3. The molecule has 1 aliphatic rings. The Morgan fingerprint density at radius 2 is 2.00 bits per heavy atom. The highest BCUT2D eigenvalue weighted by Gasteiger charge is 2.25. The fourth-order valence-electron chi connectivity index (χ4n) is 2.70. The number of carbonyl (C=O) groups excluding carboxylic acids is 1. The van der Waals surface area contributed by atoms with Gasteiger partial charge in [-0.15, -0.1) is 0 Å². The molecule has 0 saturated carbocycles. The molecule has 3 heterocycles. The molecule has 1 fully saturated rings. The van der Waals surface area contributed by atoms with E-state index in [1.807, 2.05) is 29.3 Å². The van der Waals surface area contributed by atoms with Gasteiger partial charge in [0.05, 0.1) is 0 Å². The number of pyridine rings is 2. The first kappa shape index (κ1) is 12.8. The first-order chi connectivity index (χ1) is 9.84. The zero-order valence-corrected chi connectivity index (χ0v) is 11.3. The summed E-state index contributed by atoms with van der Waals surface area (Å²) in [5.74, 6) is 0.434. The summed E-state index contributed by atoms with van der Waals surface area (Å²) in [7, 11) is 0. The molecule has 4 heteroatoms. The Hall–Kier alpha value is -2.23. The predicted octanol–water partition coefficient (Wildman–Crippen LogP) is 2.50. The number of aromatic nitrogens is 2. The standard InChI is InChI=1S/C16H17N3O/c20-16(13-6-9-17-10-7-13)19-11-3-4-14(12-19)15-5-1-2-8-18-15/h1-2,5-10,14H,3-4,11-12H2. The quantitative estimate of drug-likeness (QED) is 0.840. The topological polar surface area (TPSA) is 46.1 Å². The minimum atomic E-state index is 0.0908. The fraction of sp³-hybridized carbons (Fsp3) is 0.312. The van der Waals surface area contributed by atoms with Crippen LogP contribution in [-0.4, -0.2) is 33.9 Å². The van der Waals surface area contributed by atoms with E-state index in [2.05, 4.69) is 9.97 Å². The van der Waals surface area contributed by atoms with Gasteiger partial charge in [0.2, 0.25) is 0 Å². The Morgan fingerprint density at radius 3 is 2.75 bits per heavy atom. The summed E-state index contributed by atoms with van der Waals surface area (Å²) >= 11 is 0. The molecule has 1 saturated heterocycles. The maximum Gasteiger partial charge on any atom is 0.253 e. The molecular formula is C16H17N3O. The van der Waals surface area contributed by atoms with Gasteiger partial charge in [-0.2, -0.15) is 0 Å². The minimum Gasteiger partial charge on any atom is -0.338 e. The molecule has 0 bridgehead atoms. The second-order valence-electron chi connectivity index (χ2n) is 5.08. The van der Waals surface area contributed by atoms with E-state index in [1.54, 1.807) is 24.5 Å². The van der Waals surface area contributed by atoms with Gasteiger partial charge in [-0.3, -0.25) is 14.8 Å². The second kappa shape index (κ2) is 5.82. The lowest BCUT2D eigenvalue weighted by Gasteiger charge is -2.32. The second-order valence-corrected chi connectivity index (χ2v) is 5.08. The summed E-state index contributed by atoms with van der Waals surface area (Å²) in [6.45, 7) is 1.57. The maximum atomic E-state index is 12.5. The van der Waals surface area contributed by atoms with Gasteiger partial charge < -0.3 is 4.90 Å². The molecule has 0 aromatic carbocycles. The first-order valence-electron chi connectivity index (χ1n) is 6.95. The largest absolute Gasteiger partial charge is 0.338 e. The summed E-state index contributed by atoms with van der Waals surface area (Å²) in [4.78, 5) is 22.8. The lowest BCUT2D eigenvalue weighted by Crippen LogP contribution is -2.39. The van der Waals surface area contributed by atoms with Gasteiger partial charge in [-0.1, -0.05) is 6.07 Å². The first-order valence-corrected chi connectivity index (χ1v) is 6.95. The Balaban J connectivity index is 1.74. The maximum absolute atomic E-state index is 12.5. The molecule has 1 unspecified atom stereocenters. The smallest absolute Gasteiger partial charge is 0.253 e. The number of rotatable bonds is 2. The Morgan fingerprint density at radius 1 is 1.15 bits per heavy atom. The lowest BCUT2D eigenvalue weighted by molar-refractivity contribution is 0.0706. The minimum absolute atomic E-state index is 0.0908. The molecule has 1 atom stereocenters. The molecule has 0 spiro atoms. The van der Waals surface area contributed by atoms with E-state index in [1.165, 1.54) is 0 Å². The number of hydrogen-bond donors (Lipinski definition) is 0. The fourth-order valence-corrected chi connectivity index (χ4v) is 2.70. The zero-order valence-electron chi connectivity index (χ0n) is 11.3. The van der Waals surface area contributed by atoms with Crippen LogP contribution in [0.2, 0.25) is 0 Å². The van der Waals surface area contributed by atoms with Crippen molar-refractivity contribution in [3.8, 4) is 0 Å². The highest BCUT2D eigenvalue weighted by atomic mass is 16.2. The molecule has 20 heavy (non-hydrogen) atoms. The monoisotopic (exact) mass is 267 g/mol. The zero-order chi connectivity index (χ0) is 13.8. The molecule has 1 amide bonds. The third-order valence-electron chi connectivity index (χ3n) is 3.74. The van der Waals surface area contributed by atoms with E-state index in [9.17, 15) is 4.79 Å².